The normalized spacial score (nSPS) is 18.6. The van der Waals surface area contributed by atoms with E-state index >= 15 is 0 Å². The van der Waals surface area contributed by atoms with Crippen molar-refractivity contribution in [2.45, 2.75) is 58.3 Å². The van der Waals surface area contributed by atoms with Crippen LogP contribution in [0.3, 0.4) is 0 Å². The lowest BCUT2D eigenvalue weighted by atomic mass is 9.87. The van der Waals surface area contributed by atoms with E-state index in [0.717, 1.165) is 30.3 Å². The standard InChI is InChI=1S/C23H25F3N4O/c1-14-17-4-2-3-5-18(17)19-12-30(13-20(19)28-14)22(31)8-15-10-29(11-15)16-6-7-27-21(9-16)23(24,25)26/h6-7,9,15H,2-5,8,10-13H2,1H3. The Morgan fingerprint density at radius 2 is 1.87 bits per heavy atom. The number of alkyl halides is 3. The Balaban J connectivity index is 1.20. The van der Waals surface area contributed by atoms with Crippen LogP contribution in [0.4, 0.5) is 18.9 Å². The Bertz CT molecular complexity index is 1030. The fraction of sp³-hybridized carbons (Fsp3) is 0.522. The van der Waals surface area contributed by atoms with Crippen molar-refractivity contribution in [2.24, 2.45) is 5.92 Å². The molecule has 0 spiro atoms. The Hall–Kier alpha value is -2.64. The summed E-state index contributed by atoms with van der Waals surface area (Å²) in [7, 11) is 0. The van der Waals surface area contributed by atoms with Crippen LogP contribution >= 0.6 is 0 Å². The van der Waals surface area contributed by atoms with E-state index in [2.05, 4.69) is 11.9 Å². The summed E-state index contributed by atoms with van der Waals surface area (Å²) in [6.45, 7) is 4.44. The van der Waals surface area contributed by atoms with Gasteiger partial charge in [-0.3, -0.25) is 14.8 Å². The Kier molecular flexibility index (Phi) is 4.90. The van der Waals surface area contributed by atoms with Gasteiger partial charge in [0.1, 0.15) is 5.69 Å². The second kappa shape index (κ2) is 7.50. The minimum absolute atomic E-state index is 0.107. The monoisotopic (exact) mass is 430 g/mol. The molecule has 2 aromatic heterocycles. The van der Waals surface area contributed by atoms with Crippen molar-refractivity contribution in [3.8, 4) is 0 Å². The van der Waals surface area contributed by atoms with Gasteiger partial charge in [-0.1, -0.05) is 0 Å². The second-order valence-corrected chi connectivity index (χ2v) is 8.91. The lowest BCUT2D eigenvalue weighted by Gasteiger charge is -2.41. The third kappa shape index (κ3) is 3.77. The second-order valence-electron chi connectivity index (χ2n) is 8.91. The summed E-state index contributed by atoms with van der Waals surface area (Å²) in [6.07, 6.45) is 1.71. The van der Waals surface area contributed by atoms with Gasteiger partial charge in [-0.25, -0.2) is 0 Å². The van der Waals surface area contributed by atoms with E-state index in [0.29, 0.717) is 38.3 Å². The SMILES string of the molecule is Cc1nc2c(c3c1CCCC3)CN(C(=O)CC1CN(c3ccnc(C(F)(F)F)c3)C1)C2. The molecule has 2 aliphatic heterocycles. The summed E-state index contributed by atoms with van der Waals surface area (Å²) in [5, 5.41) is 0. The Labute approximate surface area is 179 Å². The number of halogens is 3. The topological polar surface area (TPSA) is 49.3 Å². The molecule has 5 nitrogen and oxygen atoms in total. The van der Waals surface area contributed by atoms with Crippen LogP contribution in [-0.4, -0.2) is 33.9 Å². The highest BCUT2D eigenvalue weighted by Gasteiger charge is 2.36. The van der Waals surface area contributed by atoms with Crippen molar-refractivity contribution in [1.29, 1.82) is 0 Å². The maximum atomic E-state index is 12.9. The number of carbonyl (C=O) groups excluding carboxylic acids is 1. The smallest absolute Gasteiger partial charge is 0.371 e. The van der Waals surface area contributed by atoms with Crippen LogP contribution < -0.4 is 4.90 Å². The maximum absolute atomic E-state index is 12.9. The molecule has 164 valence electrons. The van der Waals surface area contributed by atoms with E-state index in [9.17, 15) is 18.0 Å². The van der Waals surface area contributed by atoms with Gasteiger partial charge in [-0.05, 0) is 61.4 Å². The summed E-state index contributed by atoms with van der Waals surface area (Å²) < 4.78 is 38.6. The molecule has 1 fully saturated rings. The molecular formula is C23H25F3N4O. The third-order valence-electron chi connectivity index (χ3n) is 6.78. The highest BCUT2D eigenvalue weighted by molar-refractivity contribution is 5.78. The molecule has 0 aromatic carbocycles. The highest BCUT2D eigenvalue weighted by atomic mass is 19.4. The molecule has 1 amide bonds. The molecule has 5 rings (SSSR count). The minimum atomic E-state index is -4.45. The lowest BCUT2D eigenvalue weighted by Crippen LogP contribution is -2.48. The van der Waals surface area contributed by atoms with Gasteiger partial charge in [-0.2, -0.15) is 13.2 Å². The van der Waals surface area contributed by atoms with Gasteiger partial charge in [0.15, 0.2) is 0 Å². The van der Waals surface area contributed by atoms with Crippen LogP contribution in [-0.2, 0) is 36.9 Å². The number of pyridine rings is 2. The number of fused-ring (bicyclic) bond motifs is 3. The first kappa shape index (κ1) is 20.3. The molecule has 0 bridgehead atoms. The van der Waals surface area contributed by atoms with E-state index in [1.165, 1.54) is 35.7 Å². The number of amides is 1. The van der Waals surface area contributed by atoms with Crippen LogP contribution in [0.1, 0.15) is 53.0 Å². The first-order chi connectivity index (χ1) is 14.8. The van der Waals surface area contributed by atoms with Crippen LogP contribution in [0.2, 0.25) is 0 Å². The zero-order chi connectivity index (χ0) is 21.8. The fourth-order valence-corrected chi connectivity index (χ4v) is 5.13. The number of anilines is 1. The molecule has 0 unspecified atom stereocenters. The molecule has 0 radical (unpaired) electrons. The number of hydrogen-bond acceptors (Lipinski definition) is 4. The molecule has 0 atom stereocenters. The lowest BCUT2D eigenvalue weighted by molar-refractivity contribution is -0.141. The zero-order valence-corrected chi connectivity index (χ0v) is 17.5. The van der Waals surface area contributed by atoms with Crippen molar-refractivity contribution >= 4 is 11.6 Å². The Morgan fingerprint density at radius 3 is 2.61 bits per heavy atom. The van der Waals surface area contributed by atoms with Gasteiger partial charge in [-0.15, -0.1) is 0 Å². The van der Waals surface area contributed by atoms with Gasteiger partial charge in [0.25, 0.3) is 0 Å². The van der Waals surface area contributed by atoms with Crippen molar-refractivity contribution < 1.29 is 18.0 Å². The van der Waals surface area contributed by atoms with Gasteiger partial charge in [0, 0.05) is 49.6 Å². The molecule has 4 heterocycles. The van der Waals surface area contributed by atoms with Gasteiger partial charge < -0.3 is 9.80 Å². The van der Waals surface area contributed by atoms with Crippen LogP contribution in [0.25, 0.3) is 0 Å². The molecule has 31 heavy (non-hydrogen) atoms. The highest BCUT2D eigenvalue weighted by Crippen LogP contribution is 2.35. The summed E-state index contributed by atoms with van der Waals surface area (Å²) >= 11 is 0. The molecule has 1 saturated heterocycles. The first-order valence-corrected chi connectivity index (χ1v) is 10.9. The van der Waals surface area contributed by atoms with Crippen LogP contribution in [0.15, 0.2) is 18.3 Å². The molecule has 1 aliphatic carbocycles. The van der Waals surface area contributed by atoms with E-state index < -0.39 is 11.9 Å². The summed E-state index contributed by atoms with van der Waals surface area (Å²) in [5.74, 6) is 0.262. The molecular weight excluding hydrogens is 405 g/mol. The molecule has 0 N–H and O–H groups in total. The van der Waals surface area contributed by atoms with Crippen molar-refractivity contribution in [3.05, 3.63) is 52.1 Å². The molecule has 0 saturated carbocycles. The quantitative estimate of drug-likeness (QED) is 0.737. The van der Waals surface area contributed by atoms with E-state index in [-0.39, 0.29) is 11.8 Å². The first-order valence-electron chi connectivity index (χ1n) is 10.9. The number of carbonyl (C=O) groups is 1. The van der Waals surface area contributed by atoms with Gasteiger partial charge in [0.05, 0.1) is 12.2 Å². The summed E-state index contributed by atoms with van der Waals surface area (Å²) in [5.41, 5.74) is 5.81. The average Bonchev–Trinajstić information content (AvgIpc) is 3.14. The number of nitrogens with zero attached hydrogens (tertiary/aromatic N) is 4. The largest absolute Gasteiger partial charge is 0.433 e. The van der Waals surface area contributed by atoms with Gasteiger partial charge in [0.2, 0.25) is 5.91 Å². The van der Waals surface area contributed by atoms with E-state index in [1.807, 2.05) is 9.80 Å². The predicted molar refractivity (Wildman–Crippen MR) is 109 cm³/mol. The average molecular weight is 430 g/mol. The Morgan fingerprint density at radius 1 is 1.13 bits per heavy atom. The van der Waals surface area contributed by atoms with Gasteiger partial charge >= 0.3 is 6.18 Å². The number of rotatable bonds is 3. The van der Waals surface area contributed by atoms with Crippen LogP contribution in [0.5, 0.6) is 0 Å². The summed E-state index contributed by atoms with van der Waals surface area (Å²) in [6, 6.07) is 2.66. The number of hydrogen-bond donors (Lipinski definition) is 0. The third-order valence-corrected chi connectivity index (χ3v) is 6.78. The maximum Gasteiger partial charge on any atom is 0.433 e. The molecule has 8 heteroatoms. The zero-order valence-electron chi connectivity index (χ0n) is 17.5. The minimum Gasteiger partial charge on any atom is -0.371 e. The number of aryl methyl sites for hydroxylation is 1. The van der Waals surface area contributed by atoms with Crippen molar-refractivity contribution in [1.82, 2.24) is 14.9 Å². The van der Waals surface area contributed by atoms with E-state index in [1.54, 1.807) is 6.07 Å². The fourth-order valence-electron chi connectivity index (χ4n) is 5.13. The van der Waals surface area contributed by atoms with Crippen molar-refractivity contribution in [3.63, 3.8) is 0 Å². The van der Waals surface area contributed by atoms with Crippen LogP contribution in [0, 0.1) is 12.8 Å². The van der Waals surface area contributed by atoms with Crippen molar-refractivity contribution in [2.75, 3.05) is 18.0 Å². The number of aromatic nitrogens is 2. The molecule has 2 aromatic rings. The molecule has 3 aliphatic rings. The predicted octanol–water partition coefficient (Wildman–Crippen LogP) is 4.05. The summed E-state index contributed by atoms with van der Waals surface area (Å²) in [4.78, 5) is 24.9. The van der Waals surface area contributed by atoms with E-state index in [4.69, 9.17) is 4.98 Å².